The molecule has 60 valence electrons. The quantitative estimate of drug-likeness (QED) is 0.532. The van der Waals surface area contributed by atoms with Crippen molar-refractivity contribution in [2.75, 3.05) is 0 Å². The topological polar surface area (TPSA) is 50.1 Å². The predicted octanol–water partition coefficient (Wildman–Crippen LogP) is 1.24. The molecule has 3 nitrogen and oxygen atoms in total. The lowest BCUT2D eigenvalue weighted by molar-refractivity contribution is -0.147. The predicted molar refractivity (Wildman–Crippen MR) is 38.5 cm³/mol. The van der Waals surface area contributed by atoms with Gasteiger partial charge in [-0.15, -0.1) is 0 Å². The molecule has 0 aliphatic heterocycles. The third-order valence-corrected chi connectivity index (χ3v) is 1.94. The van der Waals surface area contributed by atoms with Crippen LogP contribution >= 0.6 is 0 Å². The zero-order chi connectivity index (χ0) is 8.27. The van der Waals surface area contributed by atoms with Gasteiger partial charge in [-0.3, -0.25) is 4.79 Å². The fourth-order valence-corrected chi connectivity index (χ4v) is 1.43. The molecule has 0 spiro atoms. The minimum absolute atomic E-state index is 0.0705. The first-order valence-electron chi connectivity index (χ1n) is 3.81. The van der Waals surface area contributed by atoms with Gasteiger partial charge in [-0.25, -0.2) is 0 Å². The second-order valence-corrected chi connectivity index (χ2v) is 2.81. The van der Waals surface area contributed by atoms with E-state index in [4.69, 9.17) is 10.00 Å². The highest BCUT2D eigenvalue weighted by Crippen LogP contribution is 2.27. The monoisotopic (exact) mass is 153 g/mol. The molecule has 1 saturated carbocycles. The second kappa shape index (κ2) is 3.38. The molecule has 1 rings (SSSR count). The average molecular weight is 153 g/mol. The molecule has 11 heavy (non-hydrogen) atoms. The largest absolute Gasteiger partial charge is 0.461 e. The van der Waals surface area contributed by atoms with E-state index < -0.39 is 0 Å². The number of carbonyl (C=O) groups excluding carboxylic acids is 1. The van der Waals surface area contributed by atoms with Gasteiger partial charge < -0.3 is 4.74 Å². The summed E-state index contributed by atoms with van der Waals surface area (Å²) >= 11 is 0. The summed E-state index contributed by atoms with van der Waals surface area (Å²) in [6.07, 6.45) is 2.57. The Balaban J connectivity index is 2.45. The van der Waals surface area contributed by atoms with E-state index in [2.05, 4.69) is 6.07 Å². The molecule has 0 aromatic carbocycles. The number of rotatable bonds is 1. The summed E-state index contributed by atoms with van der Waals surface area (Å²) in [6, 6.07) is 2.14. The van der Waals surface area contributed by atoms with Crippen molar-refractivity contribution in [3.05, 3.63) is 0 Å². The van der Waals surface area contributed by atoms with Crippen LogP contribution in [0.3, 0.4) is 0 Å². The van der Waals surface area contributed by atoms with Crippen LogP contribution in [0, 0.1) is 17.2 Å². The van der Waals surface area contributed by atoms with Gasteiger partial charge in [0.05, 0.1) is 12.0 Å². The molecule has 0 N–H and O–H groups in total. The standard InChI is InChI=1S/C8H11NO2/c1-6(10)11-8-4-2-3-7(8)5-9/h7-8H,2-4H2,1H3/t7-,8-/m0/s1. The second-order valence-electron chi connectivity index (χ2n) is 2.81. The Kier molecular flexibility index (Phi) is 2.48. The average Bonchev–Trinajstić information content (AvgIpc) is 2.34. The van der Waals surface area contributed by atoms with Crippen molar-refractivity contribution in [2.24, 2.45) is 5.92 Å². The molecule has 0 heterocycles. The van der Waals surface area contributed by atoms with Crippen LogP contribution in [0.4, 0.5) is 0 Å². The van der Waals surface area contributed by atoms with Gasteiger partial charge in [0, 0.05) is 6.92 Å². The van der Waals surface area contributed by atoms with Gasteiger partial charge in [-0.05, 0) is 19.3 Å². The number of hydrogen-bond acceptors (Lipinski definition) is 3. The van der Waals surface area contributed by atoms with E-state index in [1.165, 1.54) is 6.92 Å². The first-order chi connectivity index (χ1) is 5.24. The normalized spacial score (nSPS) is 29.5. The summed E-state index contributed by atoms with van der Waals surface area (Å²) in [6.45, 7) is 1.38. The van der Waals surface area contributed by atoms with Crippen LogP contribution in [-0.4, -0.2) is 12.1 Å². The Hall–Kier alpha value is -1.04. The van der Waals surface area contributed by atoms with Crippen molar-refractivity contribution in [2.45, 2.75) is 32.3 Å². The van der Waals surface area contributed by atoms with Crippen molar-refractivity contribution in [3.8, 4) is 6.07 Å². The molecule has 3 heteroatoms. The maximum Gasteiger partial charge on any atom is 0.302 e. The maximum absolute atomic E-state index is 10.5. The Labute approximate surface area is 66.0 Å². The molecule has 0 amide bonds. The molecule has 0 aromatic rings. The van der Waals surface area contributed by atoms with E-state index in [9.17, 15) is 4.79 Å². The summed E-state index contributed by atoms with van der Waals surface area (Å²) in [4.78, 5) is 10.5. The number of carbonyl (C=O) groups is 1. The fourth-order valence-electron chi connectivity index (χ4n) is 1.43. The summed E-state index contributed by atoms with van der Waals surface area (Å²) in [5.74, 6) is -0.351. The molecular formula is C8H11NO2. The van der Waals surface area contributed by atoms with Crippen LogP contribution in [-0.2, 0) is 9.53 Å². The summed E-state index contributed by atoms with van der Waals surface area (Å²) < 4.78 is 4.95. The lowest BCUT2D eigenvalue weighted by Gasteiger charge is -2.12. The van der Waals surface area contributed by atoms with E-state index in [1.807, 2.05) is 0 Å². The highest BCUT2D eigenvalue weighted by molar-refractivity contribution is 5.66. The van der Waals surface area contributed by atoms with Gasteiger partial charge in [-0.1, -0.05) is 0 Å². The van der Waals surface area contributed by atoms with Crippen molar-refractivity contribution in [1.29, 1.82) is 5.26 Å². The van der Waals surface area contributed by atoms with Crippen molar-refractivity contribution < 1.29 is 9.53 Å². The lowest BCUT2D eigenvalue weighted by Crippen LogP contribution is -2.19. The number of esters is 1. The summed E-state index contributed by atoms with van der Waals surface area (Å²) in [5.41, 5.74) is 0. The maximum atomic E-state index is 10.5. The van der Waals surface area contributed by atoms with Gasteiger partial charge in [-0.2, -0.15) is 5.26 Å². The lowest BCUT2D eigenvalue weighted by atomic mass is 10.1. The number of nitrogens with zero attached hydrogens (tertiary/aromatic N) is 1. The van der Waals surface area contributed by atoms with Crippen LogP contribution in [0.2, 0.25) is 0 Å². The minimum Gasteiger partial charge on any atom is -0.461 e. The van der Waals surface area contributed by atoms with E-state index in [-0.39, 0.29) is 18.0 Å². The molecule has 0 saturated heterocycles. The van der Waals surface area contributed by atoms with Gasteiger partial charge in [0.1, 0.15) is 6.10 Å². The molecule has 1 aliphatic carbocycles. The molecule has 0 unspecified atom stereocenters. The molecule has 0 radical (unpaired) electrons. The highest BCUT2D eigenvalue weighted by Gasteiger charge is 2.29. The van der Waals surface area contributed by atoms with Gasteiger partial charge in [0.15, 0.2) is 0 Å². The minimum atomic E-state index is -0.280. The molecule has 1 aliphatic rings. The van der Waals surface area contributed by atoms with Gasteiger partial charge in [0.25, 0.3) is 0 Å². The molecular weight excluding hydrogens is 142 g/mol. The number of hydrogen-bond donors (Lipinski definition) is 0. The summed E-state index contributed by atoms with van der Waals surface area (Å²) in [5, 5.41) is 8.61. The van der Waals surface area contributed by atoms with E-state index in [0.29, 0.717) is 0 Å². The Bertz CT molecular complexity index is 195. The van der Waals surface area contributed by atoms with Crippen LogP contribution < -0.4 is 0 Å². The van der Waals surface area contributed by atoms with E-state index in [0.717, 1.165) is 19.3 Å². The van der Waals surface area contributed by atoms with E-state index >= 15 is 0 Å². The van der Waals surface area contributed by atoms with Gasteiger partial charge >= 0.3 is 5.97 Å². The zero-order valence-corrected chi connectivity index (χ0v) is 6.54. The molecule has 1 fully saturated rings. The molecule has 0 aromatic heterocycles. The fraction of sp³-hybridized carbons (Fsp3) is 0.750. The van der Waals surface area contributed by atoms with Crippen molar-refractivity contribution in [1.82, 2.24) is 0 Å². The first-order valence-corrected chi connectivity index (χ1v) is 3.81. The molecule has 0 bridgehead atoms. The smallest absolute Gasteiger partial charge is 0.302 e. The van der Waals surface area contributed by atoms with Crippen molar-refractivity contribution >= 4 is 5.97 Å². The van der Waals surface area contributed by atoms with Crippen LogP contribution in [0.15, 0.2) is 0 Å². The first kappa shape index (κ1) is 8.06. The third kappa shape index (κ3) is 1.94. The van der Waals surface area contributed by atoms with Crippen LogP contribution in [0.5, 0.6) is 0 Å². The van der Waals surface area contributed by atoms with Crippen LogP contribution in [0.1, 0.15) is 26.2 Å². The Morgan fingerprint density at radius 1 is 1.64 bits per heavy atom. The zero-order valence-electron chi connectivity index (χ0n) is 6.54. The number of nitriles is 1. The van der Waals surface area contributed by atoms with E-state index in [1.54, 1.807) is 0 Å². The van der Waals surface area contributed by atoms with Crippen molar-refractivity contribution in [3.63, 3.8) is 0 Å². The number of ether oxygens (including phenoxy) is 1. The Morgan fingerprint density at radius 3 is 2.91 bits per heavy atom. The SMILES string of the molecule is CC(=O)O[C@H]1CCC[C@H]1C#N. The third-order valence-electron chi connectivity index (χ3n) is 1.94. The Morgan fingerprint density at radius 2 is 2.36 bits per heavy atom. The highest BCUT2D eigenvalue weighted by atomic mass is 16.5. The molecule has 2 atom stereocenters. The summed E-state index contributed by atoms with van der Waals surface area (Å²) in [7, 11) is 0. The van der Waals surface area contributed by atoms with Crippen LogP contribution in [0.25, 0.3) is 0 Å². The van der Waals surface area contributed by atoms with Gasteiger partial charge in [0.2, 0.25) is 0 Å².